The number of rotatable bonds is 4. The molecule has 1 heterocycles. The molecule has 5 heteroatoms. The maximum absolute atomic E-state index is 12.2. The minimum Gasteiger partial charge on any atom is -0.505 e. The number of anilines is 1. The second kappa shape index (κ2) is 7.05. The number of aromatic hydroxyl groups is 1. The highest BCUT2D eigenvalue weighted by molar-refractivity contribution is 6.04. The standard InChI is InChI=1S/C20H18N2O3/c1-13-4-3-5-17(12-13)25-16-8-6-15(7-9-16)22-20(24)18-19(23)14(2)10-11-21-18/h3-12,23H,1-2H3,(H,22,24). The third kappa shape index (κ3) is 3.95. The summed E-state index contributed by atoms with van der Waals surface area (Å²) in [6.07, 6.45) is 1.49. The molecule has 0 saturated carbocycles. The summed E-state index contributed by atoms with van der Waals surface area (Å²) in [5, 5.41) is 12.6. The number of aromatic nitrogens is 1. The monoisotopic (exact) mass is 334 g/mol. The van der Waals surface area contributed by atoms with E-state index in [2.05, 4.69) is 10.3 Å². The molecule has 0 saturated heterocycles. The van der Waals surface area contributed by atoms with Crippen LogP contribution in [0.25, 0.3) is 0 Å². The van der Waals surface area contributed by atoms with Gasteiger partial charge in [0.15, 0.2) is 5.69 Å². The van der Waals surface area contributed by atoms with Crippen LogP contribution in [-0.2, 0) is 0 Å². The van der Waals surface area contributed by atoms with Gasteiger partial charge in [-0.3, -0.25) is 4.79 Å². The molecule has 2 N–H and O–H groups in total. The summed E-state index contributed by atoms with van der Waals surface area (Å²) in [7, 11) is 0. The summed E-state index contributed by atoms with van der Waals surface area (Å²) in [4.78, 5) is 16.2. The Hall–Kier alpha value is -3.34. The number of hydrogen-bond acceptors (Lipinski definition) is 4. The van der Waals surface area contributed by atoms with Crippen molar-refractivity contribution in [3.63, 3.8) is 0 Å². The average molecular weight is 334 g/mol. The molecule has 3 rings (SSSR count). The zero-order chi connectivity index (χ0) is 17.8. The predicted octanol–water partition coefficient (Wildman–Crippen LogP) is 4.45. The minimum atomic E-state index is -0.464. The van der Waals surface area contributed by atoms with Crippen molar-refractivity contribution in [3.05, 3.63) is 77.6 Å². The van der Waals surface area contributed by atoms with Gasteiger partial charge in [0, 0.05) is 11.9 Å². The molecule has 0 bridgehead atoms. The first-order valence-electron chi connectivity index (χ1n) is 7.83. The van der Waals surface area contributed by atoms with Crippen LogP contribution in [0.1, 0.15) is 21.6 Å². The molecule has 0 fully saturated rings. The zero-order valence-electron chi connectivity index (χ0n) is 14.0. The third-order valence-corrected chi connectivity index (χ3v) is 3.68. The molecule has 1 amide bonds. The fourth-order valence-electron chi connectivity index (χ4n) is 2.33. The van der Waals surface area contributed by atoms with E-state index in [0.29, 0.717) is 17.0 Å². The number of nitrogens with one attached hydrogen (secondary N) is 1. The molecule has 0 radical (unpaired) electrons. The number of hydrogen-bond donors (Lipinski definition) is 2. The summed E-state index contributed by atoms with van der Waals surface area (Å²) in [6.45, 7) is 3.71. The number of benzene rings is 2. The Bertz CT molecular complexity index is 905. The molecule has 25 heavy (non-hydrogen) atoms. The first kappa shape index (κ1) is 16.5. The van der Waals surface area contributed by atoms with E-state index >= 15 is 0 Å². The quantitative estimate of drug-likeness (QED) is 0.739. The Morgan fingerprint density at radius 3 is 2.52 bits per heavy atom. The second-order valence-electron chi connectivity index (χ2n) is 5.72. The summed E-state index contributed by atoms with van der Waals surface area (Å²) in [5.74, 6) is 0.846. The Morgan fingerprint density at radius 2 is 1.80 bits per heavy atom. The molecule has 5 nitrogen and oxygen atoms in total. The van der Waals surface area contributed by atoms with E-state index in [0.717, 1.165) is 11.3 Å². The summed E-state index contributed by atoms with van der Waals surface area (Å²) < 4.78 is 5.77. The lowest BCUT2D eigenvalue weighted by atomic mass is 10.2. The maximum Gasteiger partial charge on any atom is 0.278 e. The van der Waals surface area contributed by atoms with Crippen molar-refractivity contribution in [1.82, 2.24) is 4.98 Å². The van der Waals surface area contributed by atoms with E-state index in [1.165, 1.54) is 6.20 Å². The Balaban J connectivity index is 1.70. The molecule has 0 aliphatic rings. The van der Waals surface area contributed by atoms with Crippen molar-refractivity contribution < 1.29 is 14.6 Å². The van der Waals surface area contributed by atoms with Crippen molar-refractivity contribution in [3.8, 4) is 17.2 Å². The molecule has 0 aliphatic heterocycles. The van der Waals surface area contributed by atoms with Crippen LogP contribution >= 0.6 is 0 Å². The lowest BCUT2D eigenvalue weighted by Gasteiger charge is -2.09. The molecule has 0 aliphatic carbocycles. The van der Waals surface area contributed by atoms with Gasteiger partial charge >= 0.3 is 0 Å². The third-order valence-electron chi connectivity index (χ3n) is 3.68. The molecule has 0 atom stereocenters. The van der Waals surface area contributed by atoms with Gasteiger partial charge in [-0.1, -0.05) is 12.1 Å². The van der Waals surface area contributed by atoms with Gasteiger partial charge < -0.3 is 15.2 Å². The maximum atomic E-state index is 12.2. The van der Waals surface area contributed by atoms with Crippen molar-refractivity contribution in [1.29, 1.82) is 0 Å². The molecule has 1 aromatic heterocycles. The molecular weight excluding hydrogens is 316 g/mol. The highest BCUT2D eigenvalue weighted by Gasteiger charge is 2.14. The Kier molecular flexibility index (Phi) is 4.66. The lowest BCUT2D eigenvalue weighted by molar-refractivity contribution is 0.101. The predicted molar refractivity (Wildman–Crippen MR) is 96.3 cm³/mol. The molecular formula is C20H18N2O3. The van der Waals surface area contributed by atoms with Gasteiger partial charge in [0.05, 0.1) is 0 Å². The van der Waals surface area contributed by atoms with Gasteiger partial charge in [-0.2, -0.15) is 0 Å². The number of carbonyl (C=O) groups excluding carboxylic acids is 1. The van der Waals surface area contributed by atoms with Crippen molar-refractivity contribution in [2.24, 2.45) is 0 Å². The fourth-order valence-corrected chi connectivity index (χ4v) is 2.33. The number of nitrogens with zero attached hydrogens (tertiary/aromatic N) is 1. The van der Waals surface area contributed by atoms with E-state index in [1.807, 2.05) is 31.2 Å². The van der Waals surface area contributed by atoms with Crippen LogP contribution < -0.4 is 10.1 Å². The van der Waals surface area contributed by atoms with Crippen LogP contribution in [0.15, 0.2) is 60.8 Å². The Morgan fingerprint density at radius 1 is 1.04 bits per heavy atom. The normalized spacial score (nSPS) is 10.3. The largest absolute Gasteiger partial charge is 0.505 e. The number of ether oxygens (including phenoxy) is 1. The highest BCUT2D eigenvalue weighted by atomic mass is 16.5. The smallest absolute Gasteiger partial charge is 0.278 e. The van der Waals surface area contributed by atoms with E-state index in [-0.39, 0.29) is 11.4 Å². The van der Waals surface area contributed by atoms with Gasteiger partial charge in [-0.15, -0.1) is 0 Å². The molecule has 2 aromatic carbocycles. The van der Waals surface area contributed by atoms with Crippen LogP contribution in [-0.4, -0.2) is 16.0 Å². The zero-order valence-corrected chi connectivity index (χ0v) is 14.0. The summed E-state index contributed by atoms with van der Waals surface area (Å²) >= 11 is 0. The van der Waals surface area contributed by atoms with Gasteiger partial charge in [0.1, 0.15) is 17.2 Å². The van der Waals surface area contributed by atoms with Crippen LogP contribution in [0.4, 0.5) is 5.69 Å². The first-order chi connectivity index (χ1) is 12.0. The number of aryl methyl sites for hydroxylation is 2. The molecule has 0 spiro atoms. The topological polar surface area (TPSA) is 71.5 Å². The molecule has 0 unspecified atom stereocenters. The van der Waals surface area contributed by atoms with Crippen molar-refractivity contribution in [2.45, 2.75) is 13.8 Å². The van der Waals surface area contributed by atoms with E-state index < -0.39 is 5.91 Å². The van der Waals surface area contributed by atoms with Crippen LogP contribution in [0.5, 0.6) is 17.2 Å². The van der Waals surface area contributed by atoms with Gasteiger partial charge in [0.25, 0.3) is 5.91 Å². The average Bonchev–Trinajstić information content (AvgIpc) is 2.59. The molecule has 3 aromatic rings. The van der Waals surface area contributed by atoms with Gasteiger partial charge in [0.2, 0.25) is 0 Å². The van der Waals surface area contributed by atoms with E-state index in [1.54, 1.807) is 37.3 Å². The van der Waals surface area contributed by atoms with Crippen molar-refractivity contribution in [2.75, 3.05) is 5.32 Å². The van der Waals surface area contributed by atoms with Crippen LogP contribution in [0.2, 0.25) is 0 Å². The van der Waals surface area contributed by atoms with Crippen molar-refractivity contribution >= 4 is 11.6 Å². The number of carbonyl (C=O) groups is 1. The highest BCUT2D eigenvalue weighted by Crippen LogP contribution is 2.25. The number of amides is 1. The Labute approximate surface area is 145 Å². The van der Waals surface area contributed by atoms with Crippen LogP contribution in [0.3, 0.4) is 0 Å². The summed E-state index contributed by atoms with van der Waals surface area (Å²) in [5.41, 5.74) is 2.30. The second-order valence-corrected chi connectivity index (χ2v) is 5.72. The van der Waals surface area contributed by atoms with Gasteiger partial charge in [-0.05, 0) is 67.4 Å². The van der Waals surface area contributed by atoms with Crippen LogP contribution in [0, 0.1) is 13.8 Å². The van der Waals surface area contributed by atoms with Gasteiger partial charge in [-0.25, -0.2) is 4.98 Å². The van der Waals surface area contributed by atoms with E-state index in [9.17, 15) is 9.90 Å². The minimum absolute atomic E-state index is 0.0000808. The first-order valence-corrected chi connectivity index (χ1v) is 7.83. The SMILES string of the molecule is Cc1cccc(Oc2ccc(NC(=O)c3nccc(C)c3O)cc2)c1. The lowest BCUT2D eigenvalue weighted by Crippen LogP contribution is -2.14. The summed E-state index contributed by atoms with van der Waals surface area (Å²) in [6, 6.07) is 16.4. The number of pyridine rings is 1. The fraction of sp³-hybridized carbons (Fsp3) is 0.100. The molecule has 126 valence electrons. The van der Waals surface area contributed by atoms with E-state index in [4.69, 9.17) is 4.74 Å².